The van der Waals surface area contributed by atoms with Gasteiger partial charge in [0.15, 0.2) is 0 Å². The zero-order chi connectivity index (χ0) is 13.0. The van der Waals surface area contributed by atoms with Crippen LogP contribution in [-0.4, -0.2) is 26.8 Å². The topological polar surface area (TPSA) is 66.2 Å². The Kier molecular flexibility index (Phi) is 3.57. The molecule has 2 aromatic heterocycles. The summed E-state index contributed by atoms with van der Waals surface area (Å²) in [6, 6.07) is 3.67. The lowest BCUT2D eigenvalue weighted by Crippen LogP contribution is -2.15. The summed E-state index contributed by atoms with van der Waals surface area (Å²) in [4.78, 5) is 19.2. The van der Waals surface area contributed by atoms with Crippen molar-refractivity contribution in [3.8, 4) is 11.6 Å². The van der Waals surface area contributed by atoms with Crippen LogP contribution in [0.3, 0.4) is 0 Å². The predicted octanol–water partition coefficient (Wildman–Crippen LogP) is 2.19. The molecule has 0 aliphatic rings. The first-order valence-corrected chi connectivity index (χ1v) is 5.48. The Bertz CT molecular complexity index is 522. The molecule has 0 radical (unpaired) electrons. The van der Waals surface area contributed by atoms with Crippen LogP contribution in [0.5, 0.6) is 5.88 Å². The van der Waals surface area contributed by atoms with Crippen molar-refractivity contribution in [3.05, 3.63) is 37.1 Å². The molecule has 0 saturated heterocycles. The molecule has 2 aromatic rings. The van der Waals surface area contributed by atoms with E-state index in [1.807, 2.05) is 12.1 Å². The minimum Gasteiger partial charge on any atom is -0.431 e. The summed E-state index contributed by atoms with van der Waals surface area (Å²) in [5, 5.41) is 0. The van der Waals surface area contributed by atoms with Gasteiger partial charge >= 0.3 is 6.16 Å². The Hall–Kier alpha value is -2.37. The van der Waals surface area contributed by atoms with Gasteiger partial charge in [-0.25, -0.2) is 9.78 Å². The van der Waals surface area contributed by atoms with Crippen LogP contribution in [0.15, 0.2) is 37.1 Å². The van der Waals surface area contributed by atoms with Crippen LogP contribution >= 0.6 is 0 Å². The molecule has 0 aliphatic heterocycles. The lowest BCUT2D eigenvalue weighted by Gasteiger charge is -2.05. The molecular formula is C12H13N3O3. The first-order valence-electron chi connectivity index (χ1n) is 5.48. The monoisotopic (exact) mass is 247 g/mol. The number of nitrogens with zero attached hydrogens (tertiary/aromatic N) is 3. The van der Waals surface area contributed by atoms with E-state index in [-0.39, 0.29) is 12.0 Å². The van der Waals surface area contributed by atoms with Gasteiger partial charge in [-0.15, -0.1) is 0 Å². The molecular weight excluding hydrogens is 234 g/mol. The van der Waals surface area contributed by atoms with Crippen LogP contribution in [0.1, 0.15) is 13.8 Å². The van der Waals surface area contributed by atoms with Crippen LogP contribution in [0.4, 0.5) is 4.79 Å². The summed E-state index contributed by atoms with van der Waals surface area (Å²) >= 11 is 0. The molecule has 0 aromatic carbocycles. The van der Waals surface area contributed by atoms with Gasteiger partial charge in [0, 0.05) is 6.20 Å². The fraction of sp³-hybridized carbons (Fsp3) is 0.250. The summed E-state index contributed by atoms with van der Waals surface area (Å²) in [5.74, 6) is 0.185. The highest BCUT2D eigenvalue weighted by Crippen LogP contribution is 2.12. The van der Waals surface area contributed by atoms with Crippen LogP contribution in [0.2, 0.25) is 0 Å². The van der Waals surface area contributed by atoms with E-state index in [2.05, 4.69) is 9.97 Å². The third-order valence-corrected chi connectivity index (χ3v) is 2.02. The summed E-state index contributed by atoms with van der Waals surface area (Å²) in [5.41, 5.74) is 0.831. The number of aromatic nitrogens is 3. The van der Waals surface area contributed by atoms with Gasteiger partial charge in [-0.2, -0.15) is 0 Å². The zero-order valence-corrected chi connectivity index (χ0v) is 10.1. The molecule has 0 spiro atoms. The highest BCUT2D eigenvalue weighted by Gasteiger charge is 2.10. The molecule has 0 N–H and O–H groups in total. The van der Waals surface area contributed by atoms with Crippen LogP contribution in [0.25, 0.3) is 5.69 Å². The average Bonchev–Trinajstić information content (AvgIpc) is 2.77. The van der Waals surface area contributed by atoms with E-state index >= 15 is 0 Å². The van der Waals surface area contributed by atoms with Crippen LogP contribution in [0, 0.1) is 0 Å². The lowest BCUT2D eigenvalue weighted by atomic mass is 10.4. The van der Waals surface area contributed by atoms with Gasteiger partial charge in [-0.1, -0.05) is 0 Å². The van der Waals surface area contributed by atoms with E-state index in [1.165, 1.54) is 6.33 Å². The molecule has 0 fully saturated rings. The van der Waals surface area contributed by atoms with Gasteiger partial charge in [0.1, 0.15) is 6.33 Å². The maximum Gasteiger partial charge on any atom is 0.515 e. The second-order valence-corrected chi connectivity index (χ2v) is 3.85. The fourth-order valence-electron chi connectivity index (χ4n) is 1.31. The maximum absolute atomic E-state index is 11.3. The minimum atomic E-state index is -0.763. The second-order valence-electron chi connectivity index (χ2n) is 3.85. The van der Waals surface area contributed by atoms with Crippen LogP contribution in [-0.2, 0) is 4.74 Å². The van der Waals surface area contributed by atoms with Crippen molar-refractivity contribution in [2.24, 2.45) is 0 Å². The van der Waals surface area contributed by atoms with E-state index in [0.29, 0.717) is 0 Å². The first kappa shape index (κ1) is 12.1. The second kappa shape index (κ2) is 5.31. The van der Waals surface area contributed by atoms with Crippen molar-refractivity contribution in [2.45, 2.75) is 20.0 Å². The molecule has 2 heterocycles. The smallest absolute Gasteiger partial charge is 0.431 e. The molecule has 6 nitrogen and oxygen atoms in total. The van der Waals surface area contributed by atoms with Crippen molar-refractivity contribution in [1.29, 1.82) is 0 Å². The lowest BCUT2D eigenvalue weighted by molar-refractivity contribution is 0.0717. The SMILES string of the molecule is CC(C)OC(=O)Oc1cn(-c2cccnc2)cn1. The van der Waals surface area contributed by atoms with Crippen molar-refractivity contribution < 1.29 is 14.3 Å². The van der Waals surface area contributed by atoms with E-state index in [9.17, 15) is 4.79 Å². The fourth-order valence-corrected chi connectivity index (χ4v) is 1.31. The Morgan fingerprint density at radius 2 is 2.28 bits per heavy atom. The third-order valence-electron chi connectivity index (χ3n) is 2.02. The van der Waals surface area contributed by atoms with Gasteiger partial charge in [0.2, 0.25) is 5.88 Å². The Balaban J connectivity index is 2.05. The molecule has 18 heavy (non-hydrogen) atoms. The van der Waals surface area contributed by atoms with Crippen molar-refractivity contribution in [2.75, 3.05) is 0 Å². The molecule has 0 saturated carbocycles. The number of imidazole rings is 1. The maximum atomic E-state index is 11.3. The predicted molar refractivity (Wildman–Crippen MR) is 63.6 cm³/mol. The number of pyridine rings is 1. The van der Waals surface area contributed by atoms with E-state index in [1.54, 1.807) is 37.0 Å². The average molecular weight is 247 g/mol. The van der Waals surface area contributed by atoms with Gasteiger partial charge in [-0.3, -0.25) is 4.98 Å². The van der Waals surface area contributed by atoms with Crippen molar-refractivity contribution in [3.63, 3.8) is 0 Å². The molecule has 6 heteroatoms. The quantitative estimate of drug-likeness (QED) is 0.778. The number of hydrogen-bond acceptors (Lipinski definition) is 5. The summed E-state index contributed by atoms with van der Waals surface area (Å²) in [6.07, 6.45) is 5.49. The van der Waals surface area contributed by atoms with E-state index in [0.717, 1.165) is 5.69 Å². The molecule has 0 atom stereocenters. The molecule has 0 aliphatic carbocycles. The molecule has 2 rings (SSSR count). The van der Waals surface area contributed by atoms with Crippen molar-refractivity contribution in [1.82, 2.24) is 14.5 Å². The van der Waals surface area contributed by atoms with Gasteiger partial charge in [0.25, 0.3) is 0 Å². The Morgan fingerprint density at radius 3 is 2.94 bits per heavy atom. The van der Waals surface area contributed by atoms with Gasteiger partial charge in [-0.05, 0) is 26.0 Å². The Morgan fingerprint density at radius 1 is 1.44 bits per heavy atom. The standard InChI is InChI=1S/C12H13N3O3/c1-9(2)17-12(16)18-11-7-15(8-14-11)10-4-3-5-13-6-10/h3-9H,1-2H3. The van der Waals surface area contributed by atoms with Crippen LogP contribution < -0.4 is 4.74 Å². The number of ether oxygens (including phenoxy) is 2. The molecule has 0 unspecified atom stereocenters. The number of carbonyl (C=O) groups is 1. The van der Waals surface area contributed by atoms with E-state index in [4.69, 9.17) is 9.47 Å². The summed E-state index contributed by atoms with van der Waals surface area (Å²) in [6.45, 7) is 3.49. The number of rotatable bonds is 3. The third kappa shape index (κ3) is 3.07. The Labute approximate surface area is 104 Å². The summed E-state index contributed by atoms with van der Waals surface area (Å²) in [7, 11) is 0. The minimum absolute atomic E-state index is 0.185. The first-order chi connectivity index (χ1) is 8.65. The molecule has 0 amide bonds. The van der Waals surface area contributed by atoms with Crippen molar-refractivity contribution >= 4 is 6.16 Å². The normalized spacial score (nSPS) is 10.4. The zero-order valence-electron chi connectivity index (χ0n) is 10.1. The van der Waals surface area contributed by atoms with E-state index < -0.39 is 6.16 Å². The summed E-state index contributed by atoms with van der Waals surface area (Å²) < 4.78 is 11.5. The molecule has 94 valence electrons. The number of hydrogen-bond donors (Lipinski definition) is 0. The highest BCUT2D eigenvalue weighted by atomic mass is 16.7. The molecule has 0 bridgehead atoms. The largest absolute Gasteiger partial charge is 0.515 e. The van der Waals surface area contributed by atoms with Gasteiger partial charge < -0.3 is 14.0 Å². The number of carbonyl (C=O) groups excluding carboxylic acids is 1. The highest BCUT2D eigenvalue weighted by molar-refractivity contribution is 5.63. The van der Waals surface area contributed by atoms with Gasteiger partial charge in [0.05, 0.1) is 24.2 Å².